The number of nitrogens with zero attached hydrogens (tertiary/aromatic N) is 2. The fourth-order valence-corrected chi connectivity index (χ4v) is 0.520. The van der Waals surface area contributed by atoms with Gasteiger partial charge in [0.25, 0.3) is 0 Å². The van der Waals surface area contributed by atoms with Crippen LogP contribution in [0.25, 0.3) is 0 Å². The Labute approximate surface area is 59.9 Å². The van der Waals surface area contributed by atoms with Gasteiger partial charge in [0, 0.05) is 6.20 Å². The first-order valence-electron chi connectivity index (χ1n) is 2.78. The fraction of sp³-hybridized carbons (Fsp3) is 0.167. The molecule has 0 atom stereocenters. The summed E-state index contributed by atoms with van der Waals surface area (Å²) < 4.78 is 0. The van der Waals surface area contributed by atoms with E-state index < -0.39 is 5.68 Å². The summed E-state index contributed by atoms with van der Waals surface area (Å²) in [5, 5.41) is 0. The van der Waals surface area contributed by atoms with Gasteiger partial charge in [-0.15, -0.1) is 0 Å². The molecular weight excluding hydrogens is 127 g/mol. The third-order valence-corrected chi connectivity index (χ3v) is 1.03. The Morgan fingerprint density at radius 1 is 1.50 bits per heavy atom. The van der Waals surface area contributed by atoms with Crippen LogP contribution in [-0.4, -0.2) is 23.5 Å². The van der Waals surface area contributed by atoms with E-state index in [9.17, 15) is 4.79 Å². The van der Waals surface area contributed by atoms with Gasteiger partial charge >= 0.3 is 0 Å². The minimum absolute atomic E-state index is 0.200. The maximum absolute atomic E-state index is 10.4. The second-order valence-corrected chi connectivity index (χ2v) is 1.91. The van der Waals surface area contributed by atoms with Gasteiger partial charge in [-0.3, -0.25) is 9.97 Å². The molecule has 10 heavy (non-hydrogen) atoms. The van der Waals surface area contributed by atoms with Gasteiger partial charge in [-0.05, 0) is 6.92 Å². The minimum Gasteiger partial charge on any atom is -0.306 e. The van der Waals surface area contributed by atoms with Gasteiger partial charge in [-0.25, -0.2) is 0 Å². The van der Waals surface area contributed by atoms with Crippen molar-refractivity contribution in [3.63, 3.8) is 0 Å². The Balaban J connectivity index is 3.00. The summed E-state index contributed by atoms with van der Waals surface area (Å²) in [6.45, 7) is 1.79. The third-order valence-electron chi connectivity index (χ3n) is 1.03. The van der Waals surface area contributed by atoms with Crippen LogP contribution in [0.1, 0.15) is 16.2 Å². The van der Waals surface area contributed by atoms with E-state index >= 15 is 0 Å². The van der Waals surface area contributed by atoms with Crippen molar-refractivity contribution in [2.24, 2.45) is 0 Å². The first kappa shape index (κ1) is 6.93. The van der Waals surface area contributed by atoms with Gasteiger partial charge in [0.05, 0.1) is 11.9 Å². The molecule has 0 unspecified atom stereocenters. The monoisotopic (exact) mass is 132 g/mol. The highest BCUT2D eigenvalue weighted by Crippen LogP contribution is 1.92. The highest BCUT2D eigenvalue weighted by molar-refractivity contribution is 6.62. The van der Waals surface area contributed by atoms with Crippen LogP contribution >= 0.6 is 0 Å². The van der Waals surface area contributed by atoms with Gasteiger partial charge < -0.3 is 4.79 Å². The Hall–Kier alpha value is -1.19. The molecule has 1 aromatic rings. The van der Waals surface area contributed by atoms with Crippen LogP contribution in [0, 0.1) is 6.92 Å². The predicted molar refractivity (Wildman–Crippen MR) is 36.9 cm³/mol. The van der Waals surface area contributed by atoms with E-state index in [1.54, 1.807) is 6.92 Å². The summed E-state index contributed by atoms with van der Waals surface area (Å²) in [7, 11) is 4.92. The third kappa shape index (κ3) is 1.40. The summed E-state index contributed by atoms with van der Waals surface area (Å²) in [5.74, 6) is 0. The van der Waals surface area contributed by atoms with Crippen LogP contribution in [0.2, 0.25) is 0 Å². The van der Waals surface area contributed by atoms with Crippen LogP contribution in [0.3, 0.4) is 0 Å². The zero-order valence-electron chi connectivity index (χ0n) is 5.53. The number of hydrogen-bond donors (Lipinski definition) is 0. The lowest BCUT2D eigenvalue weighted by Crippen LogP contribution is -2.01. The molecule has 0 fully saturated rings. The van der Waals surface area contributed by atoms with Crippen molar-refractivity contribution in [3.05, 3.63) is 23.8 Å². The molecule has 2 radical (unpaired) electrons. The molecule has 0 aliphatic heterocycles. The highest BCUT2D eigenvalue weighted by Gasteiger charge is 1.97. The van der Waals surface area contributed by atoms with E-state index in [4.69, 9.17) is 7.85 Å². The number of aromatic nitrogens is 2. The lowest BCUT2D eigenvalue weighted by atomic mass is 10.0. The van der Waals surface area contributed by atoms with E-state index in [0.29, 0.717) is 0 Å². The summed E-state index contributed by atoms with van der Waals surface area (Å²) in [4.78, 5) is 18.0. The number of aryl methyl sites for hydroxylation is 1. The number of hydrogen-bond acceptors (Lipinski definition) is 3. The zero-order chi connectivity index (χ0) is 7.56. The average molecular weight is 132 g/mol. The lowest BCUT2D eigenvalue weighted by molar-refractivity contribution is 0.107. The first-order valence-corrected chi connectivity index (χ1v) is 2.78. The zero-order valence-corrected chi connectivity index (χ0v) is 5.53. The molecule has 0 amide bonds. The maximum Gasteiger partial charge on any atom is 0.177 e. The van der Waals surface area contributed by atoms with E-state index in [1.165, 1.54) is 12.4 Å². The van der Waals surface area contributed by atoms with E-state index in [1.807, 2.05) is 0 Å². The van der Waals surface area contributed by atoms with Gasteiger partial charge in [-0.2, -0.15) is 0 Å². The average Bonchev–Trinajstić information content (AvgIpc) is 1.88. The number of carbonyl (C=O) groups excluding carboxylic acids is 1. The predicted octanol–water partition coefficient (Wildman–Crippen LogP) is 0.0937. The van der Waals surface area contributed by atoms with E-state index in [-0.39, 0.29) is 5.69 Å². The van der Waals surface area contributed by atoms with E-state index in [0.717, 1.165) is 5.69 Å². The number of carbonyl (C=O) groups is 1. The molecule has 0 bridgehead atoms. The molecule has 0 spiro atoms. The van der Waals surface area contributed by atoms with Crippen LogP contribution in [-0.2, 0) is 0 Å². The summed E-state index contributed by atoms with van der Waals surface area (Å²) in [5.41, 5.74) is 0.420. The summed E-state index contributed by atoms with van der Waals surface area (Å²) >= 11 is 0. The van der Waals surface area contributed by atoms with Crippen molar-refractivity contribution in [1.29, 1.82) is 0 Å². The molecule has 4 heteroatoms. The molecule has 1 aromatic heterocycles. The standard InChI is InChI=1S/C6H5BN2O/c1-4-2-9-5(3-8-4)6(7)10/h2-3H,1H3. The van der Waals surface area contributed by atoms with Gasteiger partial charge in [0.1, 0.15) is 11.4 Å². The fourth-order valence-electron chi connectivity index (χ4n) is 0.520. The molecule has 1 heterocycles. The number of rotatable bonds is 1. The molecule has 0 N–H and O–H groups in total. The van der Waals surface area contributed by atoms with Crippen LogP contribution in [0.4, 0.5) is 0 Å². The summed E-state index contributed by atoms with van der Waals surface area (Å²) in [6.07, 6.45) is 2.86. The van der Waals surface area contributed by atoms with Crippen molar-refractivity contribution in [2.45, 2.75) is 6.92 Å². The van der Waals surface area contributed by atoms with Crippen molar-refractivity contribution in [1.82, 2.24) is 9.97 Å². The largest absolute Gasteiger partial charge is 0.306 e. The topological polar surface area (TPSA) is 42.9 Å². The second-order valence-electron chi connectivity index (χ2n) is 1.91. The van der Waals surface area contributed by atoms with Crippen molar-refractivity contribution < 1.29 is 4.79 Å². The molecule has 48 valence electrons. The van der Waals surface area contributed by atoms with Gasteiger partial charge in [0.15, 0.2) is 7.85 Å². The van der Waals surface area contributed by atoms with Crippen molar-refractivity contribution >= 4 is 13.5 Å². The van der Waals surface area contributed by atoms with Gasteiger partial charge in [-0.1, -0.05) is 0 Å². The Morgan fingerprint density at radius 3 is 2.60 bits per heavy atom. The molecule has 0 saturated heterocycles. The molecular formula is C6H5BN2O. The van der Waals surface area contributed by atoms with Crippen LogP contribution < -0.4 is 0 Å². The van der Waals surface area contributed by atoms with Gasteiger partial charge in [0.2, 0.25) is 0 Å². The Bertz CT molecular complexity index is 244. The first-order chi connectivity index (χ1) is 4.70. The second kappa shape index (κ2) is 2.60. The Kier molecular flexibility index (Phi) is 1.80. The van der Waals surface area contributed by atoms with Crippen molar-refractivity contribution in [3.8, 4) is 0 Å². The molecule has 1 rings (SSSR count). The normalized spacial score (nSPS) is 9.30. The van der Waals surface area contributed by atoms with Crippen LogP contribution in [0.5, 0.6) is 0 Å². The summed E-state index contributed by atoms with van der Waals surface area (Å²) in [6, 6.07) is 0. The minimum atomic E-state index is -0.549. The SMILES string of the molecule is [B]C(=O)c1cnc(C)cn1. The highest BCUT2D eigenvalue weighted by atomic mass is 16.1. The molecule has 0 saturated carbocycles. The molecule has 3 nitrogen and oxygen atoms in total. The smallest absolute Gasteiger partial charge is 0.177 e. The van der Waals surface area contributed by atoms with Crippen LogP contribution in [0.15, 0.2) is 12.4 Å². The van der Waals surface area contributed by atoms with Crippen molar-refractivity contribution in [2.75, 3.05) is 0 Å². The quantitative estimate of drug-likeness (QED) is 0.508. The molecule has 0 aromatic carbocycles. The maximum atomic E-state index is 10.4. The molecule has 0 aliphatic carbocycles. The molecule has 0 aliphatic rings. The lowest BCUT2D eigenvalue weighted by Gasteiger charge is -1.92. The Morgan fingerprint density at radius 2 is 2.20 bits per heavy atom. The van der Waals surface area contributed by atoms with E-state index in [2.05, 4.69) is 9.97 Å².